The van der Waals surface area contributed by atoms with Crippen molar-refractivity contribution in [2.75, 3.05) is 0 Å². The first-order chi connectivity index (χ1) is 24.3. The van der Waals surface area contributed by atoms with Crippen LogP contribution in [0.5, 0.6) is 0 Å². The number of nitrogens with one attached hydrogen (secondary N) is 1. The molecule has 1 aliphatic rings. The number of aliphatic imine (C=N–C) groups is 2. The lowest BCUT2D eigenvalue weighted by molar-refractivity contribution is 0.675. The molecule has 49 heavy (non-hydrogen) atoms. The van der Waals surface area contributed by atoms with Gasteiger partial charge in [0.2, 0.25) is 0 Å². The summed E-state index contributed by atoms with van der Waals surface area (Å²) >= 11 is 1.84. The fourth-order valence-corrected chi connectivity index (χ4v) is 7.84. The SMILES string of the molecule is c1ccc(C2=NC(c3ccc4c(c3)sc3cccc(-c5ccc(-c6ccc(-c7ccccc7)cc6)cc5)c34)NC(c3ccccc3)=N2)cc1. The Labute approximate surface area is 289 Å². The van der Waals surface area contributed by atoms with E-state index in [-0.39, 0.29) is 6.17 Å². The van der Waals surface area contributed by atoms with Crippen molar-refractivity contribution in [2.45, 2.75) is 6.17 Å². The van der Waals surface area contributed by atoms with Crippen LogP contribution in [0.1, 0.15) is 22.9 Å². The van der Waals surface area contributed by atoms with Crippen molar-refractivity contribution in [3.8, 4) is 33.4 Å². The van der Waals surface area contributed by atoms with E-state index >= 15 is 0 Å². The molecule has 7 aromatic carbocycles. The summed E-state index contributed by atoms with van der Waals surface area (Å²) in [7, 11) is 0. The third-order valence-electron chi connectivity index (χ3n) is 9.18. The number of benzene rings is 7. The Balaban J connectivity index is 1.05. The van der Waals surface area contributed by atoms with Crippen LogP contribution >= 0.6 is 11.3 Å². The van der Waals surface area contributed by atoms with Crippen molar-refractivity contribution in [3.63, 3.8) is 0 Å². The molecule has 0 radical (unpaired) electrons. The van der Waals surface area contributed by atoms with Gasteiger partial charge in [-0.15, -0.1) is 11.3 Å². The maximum absolute atomic E-state index is 5.10. The van der Waals surface area contributed by atoms with Crippen LogP contribution in [-0.2, 0) is 0 Å². The molecule has 3 nitrogen and oxygen atoms in total. The zero-order valence-corrected chi connectivity index (χ0v) is 27.4. The van der Waals surface area contributed by atoms with Crippen molar-refractivity contribution in [1.29, 1.82) is 0 Å². The number of nitrogens with zero attached hydrogens (tertiary/aromatic N) is 2. The van der Waals surface area contributed by atoms with Gasteiger partial charge in [-0.25, -0.2) is 9.98 Å². The van der Waals surface area contributed by atoms with Crippen LogP contribution in [0.3, 0.4) is 0 Å². The quantitative estimate of drug-likeness (QED) is 0.192. The van der Waals surface area contributed by atoms with Crippen LogP contribution in [0.4, 0.5) is 0 Å². The Morgan fingerprint density at radius 2 is 1.00 bits per heavy atom. The smallest absolute Gasteiger partial charge is 0.159 e. The number of fused-ring (bicyclic) bond motifs is 3. The molecule has 1 aromatic heterocycles. The maximum atomic E-state index is 5.10. The van der Waals surface area contributed by atoms with Gasteiger partial charge in [0.1, 0.15) is 12.0 Å². The molecule has 232 valence electrons. The van der Waals surface area contributed by atoms with E-state index in [2.05, 4.69) is 145 Å². The van der Waals surface area contributed by atoms with Crippen molar-refractivity contribution in [1.82, 2.24) is 5.32 Å². The molecule has 2 heterocycles. The molecule has 0 amide bonds. The number of amidine groups is 2. The van der Waals surface area contributed by atoms with Crippen LogP contribution in [0.15, 0.2) is 186 Å². The minimum Gasteiger partial charge on any atom is -0.344 e. The average molecular weight is 646 g/mol. The summed E-state index contributed by atoms with van der Waals surface area (Å²) in [6.45, 7) is 0. The van der Waals surface area contributed by atoms with E-state index in [9.17, 15) is 0 Å². The van der Waals surface area contributed by atoms with Gasteiger partial charge in [0, 0.05) is 31.3 Å². The normalized spacial score (nSPS) is 14.3. The lowest BCUT2D eigenvalue weighted by Crippen LogP contribution is -2.33. The van der Waals surface area contributed by atoms with Gasteiger partial charge in [0.15, 0.2) is 5.84 Å². The van der Waals surface area contributed by atoms with E-state index in [1.54, 1.807) is 0 Å². The first-order valence-electron chi connectivity index (χ1n) is 16.5. The molecule has 0 spiro atoms. The van der Waals surface area contributed by atoms with Crippen LogP contribution in [0.2, 0.25) is 0 Å². The fourth-order valence-electron chi connectivity index (χ4n) is 6.66. The molecule has 1 unspecified atom stereocenters. The third-order valence-corrected chi connectivity index (χ3v) is 10.3. The zero-order chi connectivity index (χ0) is 32.6. The molecule has 0 saturated carbocycles. The first-order valence-corrected chi connectivity index (χ1v) is 17.3. The number of thiophene rings is 1. The number of hydrogen-bond acceptors (Lipinski definition) is 4. The maximum Gasteiger partial charge on any atom is 0.159 e. The summed E-state index contributed by atoms with van der Waals surface area (Å²) in [5.41, 5.74) is 10.5. The average Bonchev–Trinajstić information content (AvgIpc) is 3.57. The van der Waals surface area contributed by atoms with Crippen LogP contribution < -0.4 is 5.32 Å². The predicted octanol–water partition coefficient (Wildman–Crippen LogP) is 11.6. The molecule has 1 atom stereocenters. The summed E-state index contributed by atoms with van der Waals surface area (Å²) in [6, 6.07) is 62.3. The van der Waals surface area contributed by atoms with Gasteiger partial charge in [-0.3, -0.25) is 0 Å². The topological polar surface area (TPSA) is 36.8 Å². The Hall–Kier alpha value is -6.10. The predicted molar refractivity (Wildman–Crippen MR) is 207 cm³/mol. The van der Waals surface area contributed by atoms with Gasteiger partial charge in [-0.05, 0) is 51.1 Å². The minimum absolute atomic E-state index is 0.258. The Morgan fingerprint density at radius 1 is 0.449 bits per heavy atom. The molecule has 9 rings (SSSR count). The van der Waals surface area contributed by atoms with Crippen molar-refractivity contribution in [3.05, 3.63) is 193 Å². The second kappa shape index (κ2) is 12.5. The van der Waals surface area contributed by atoms with Gasteiger partial charge in [0.25, 0.3) is 0 Å². The highest BCUT2D eigenvalue weighted by Gasteiger charge is 2.22. The van der Waals surface area contributed by atoms with Crippen LogP contribution in [0.25, 0.3) is 53.6 Å². The van der Waals surface area contributed by atoms with Crippen molar-refractivity contribution < 1.29 is 0 Å². The molecular weight excluding hydrogens is 615 g/mol. The Morgan fingerprint density at radius 3 is 1.63 bits per heavy atom. The molecule has 1 N–H and O–H groups in total. The minimum atomic E-state index is -0.258. The highest BCUT2D eigenvalue weighted by atomic mass is 32.1. The molecule has 4 heteroatoms. The van der Waals surface area contributed by atoms with E-state index in [1.807, 2.05) is 47.7 Å². The fraction of sp³-hybridized carbons (Fsp3) is 0.0222. The van der Waals surface area contributed by atoms with Gasteiger partial charge in [0.05, 0.1) is 0 Å². The van der Waals surface area contributed by atoms with E-state index in [1.165, 1.54) is 53.6 Å². The molecule has 0 aliphatic carbocycles. The monoisotopic (exact) mass is 645 g/mol. The Kier molecular flexibility index (Phi) is 7.41. The molecule has 1 aliphatic heterocycles. The second-order valence-electron chi connectivity index (χ2n) is 12.2. The van der Waals surface area contributed by atoms with Gasteiger partial charge in [-0.2, -0.15) is 0 Å². The van der Waals surface area contributed by atoms with Crippen molar-refractivity contribution in [2.24, 2.45) is 9.98 Å². The lowest BCUT2D eigenvalue weighted by atomic mass is 9.96. The molecular formula is C45H31N3S. The van der Waals surface area contributed by atoms with E-state index in [0.717, 1.165) is 28.4 Å². The molecule has 0 saturated heterocycles. The molecule has 0 bridgehead atoms. The summed E-state index contributed by atoms with van der Waals surface area (Å²) in [4.78, 5) is 10.0. The number of hydrogen-bond donors (Lipinski definition) is 1. The van der Waals surface area contributed by atoms with Crippen molar-refractivity contribution >= 4 is 43.2 Å². The lowest BCUT2D eigenvalue weighted by Gasteiger charge is -2.23. The first kappa shape index (κ1) is 29.1. The van der Waals surface area contributed by atoms with Gasteiger partial charge < -0.3 is 5.32 Å². The van der Waals surface area contributed by atoms with Crippen LogP contribution in [0, 0.1) is 0 Å². The number of rotatable bonds is 6. The summed E-state index contributed by atoms with van der Waals surface area (Å²) in [6.07, 6.45) is -0.258. The Bertz CT molecular complexity index is 2480. The second-order valence-corrected chi connectivity index (χ2v) is 13.3. The van der Waals surface area contributed by atoms with Crippen LogP contribution in [-0.4, -0.2) is 11.7 Å². The van der Waals surface area contributed by atoms with Gasteiger partial charge in [-0.1, -0.05) is 164 Å². The largest absolute Gasteiger partial charge is 0.344 e. The summed E-state index contributed by atoms with van der Waals surface area (Å²) in [5, 5.41) is 6.18. The summed E-state index contributed by atoms with van der Waals surface area (Å²) in [5.74, 6) is 1.56. The van der Waals surface area contributed by atoms with E-state index in [4.69, 9.17) is 9.98 Å². The van der Waals surface area contributed by atoms with E-state index < -0.39 is 0 Å². The standard InChI is InChI=1S/C45H31N3S/c1-4-11-30(12-5-1)31-19-21-32(22-20-31)33-23-25-34(26-24-33)38-17-10-18-40-42(38)39-28-27-37(29-41(39)49-40)45-47-43(35-13-6-2-7-14-35)46-44(48-45)36-15-8-3-9-16-36/h1-29,45H,(H,46,47,48). The molecule has 0 fully saturated rings. The molecule has 8 aromatic rings. The highest BCUT2D eigenvalue weighted by Crippen LogP contribution is 2.41. The highest BCUT2D eigenvalue weighted by molar-refractivity contribution is 7.26. The van der Waals surface area contributed by atoms with E-state index in [0.29, 0.717) is 0 Å². The third kappa shape index (κ3) is 5.62. The summed E-state index contributed by atoms with van der Waals surface area (Å²) < 4.78 is 2.53. The zero-order valence-electron chi connectivity index (χ0n) is 26.6. The van der Waals surface area contributed by atoms with Gasteiger partial charge >= 0.3 is 0 Å².